The molecule has 2 amide bonds. The summed E-state index contributed by atoms with van der Waals surface area (Å²) in [6, 6.07) is 5.80. The van der Waals surface area contributed by atoms with Crippen molar-refractivity contribution in [2.24, 2.45) is 0 Å². The molecule has 1 aromatic carbocycles. The van der Waals surface area contributed by atoms with Crippen molar-refractivity contribution in [1.82, 2.24) is 10.2 Å². The van der Waals surface area contributed by atoms with Gasteiger partial charge in [-0.2, -0.15) is 0 Å². The second-order valence-corrected chi connectivity index (χ2v) is 6.82. The topological polar surface area (TPSA) is 61.4 Å². The van der Waals surface area contributed by atoms with Crippen LogP contribution in [0.4, 0.5) is 5.69 Å². The van der Waals surface area contributed by atoms with E-state index in [1.165, 1.54) is 5.56 Å². The molecule has 122 valence electrons. The van der Waals surface area contributed by atoms with Crippen LogP contribution in [-0.2, 0) is 9.59 Å². The Morgan fingerprint density at radius 1 is 1.05 bits per heavy atom. The number of anilines is 1. The number of nitrogens with one attached hydrogen (secondary N) is 2. The predicted molar refractivity (Wildman–Crippen MR) is 89.9 cm³/mol. The van der Waals surface area contributed by atoms with E-state index in [0.29, 0.717) is 0 Å². The highest BCUT2D eigenvalue weighted by Crippen LogP contribution is 2.13. The van der Waals surface area contributed by atoms with Gasteiger partial charge in [0.1, 0.15) is 0 Å². The van der Waals surface area contributed by atoms with Crippen LogP contribution in [0.25, 0.3) is 0 Å². The second kappa shape index (κ2) is 7.40. The molecule has 22 heavy (non-hydrogen) atoms. The zero-order valence-corrected chi connectivity index (χ0v) is 14.4. The number of hydrogen-bond acceptors (Lipinski definition) is 3. The van der Waals surface area contributed by atoms with E-state index in [-0.39, 0.29) is 30.4 Å². The third-order valence-electron chi connectivity index (χ3n) is 3.13. The highest BCUT2D eigenvalue weighted by Gasteiger charge is 2.16. The lowest BCUT2D eigenvalue weighted by atomic mass is 10.1. The van der Waals surface area contributed by atoms with Crippen LogP contribution < -0.4 is 10.6 Å². The minimum atomic E-state index is -0.264. The molecule has 0 heterocycles. The maximum atomic E-state index is 12.0. The third-order valence-corrected chi connectivity index (χ3v) is 3.13. The summed E-state index contributed by atoms with van der Waals surface area (Å²) >= 11 is 0. The van der Waals surface area contributed by atoms with Gasteiger partial charge in [-0.3, -0.25) is 14.5 Å². The zero-order valence-electron chi connectivity index (χ0n) is 14.4. The summed E-state index contributed by atoms with van der Waals surface area (Å²) < 4.78 is 0. The Morgan fingerprint density at radius 3 is 2.18 bits per heavy atom. The van der Waals surface area contributed by atoms with E-state index in [9.17, 15) is 9.59 Å². The van der Waals surface area contributed by atoms with Crippen molar-refractivity contribution in [1.29, 1.82) is 0 Å². The number of rotatable bonds is 5. The van der Waals surface area contributed by atoms with Crippen LogP contribution in [0.1, 0.15) is 31.9 Å². The van der Waals surface area contributed by atoms with Crippen molar-refractivity contribution < 1.29 is 9.59 Å². The molecule has 1 aromatic rings. The Hall–Kier alpha value is -1.88. The number of amides is 2. The average Bonchev–Trinajstić information content (AvgIpc) is 2.30. The van der Waals surface area contributed by atoms with Crippen molar-refractivity contribution in [2.75, 3.05) is 25.5 Å². The fourth-order valence-corrected chi connectivity index (χ4v) is 2.02. The Balaban J connectivity index is 2.47. The summed E-state index contributed by atoms with van der Waals surface area (Å²) in [5.41, 5.74) is 2.84. The number of benzene rings is 1. The molecule has 5 heteroatoms. The van der Waals surface area contributed by atoms with E-state index in [2.05, 4.69) is 10.6 Å². The molecule has 0 spiro atoms. The Kier molecular flexibility index (Phi) is 6.11. The van der Waals surface area contributed by atoms with Crippen molar-refractivity contribution in [3.05, 3.63) is 29.3 Å². The molecule has 1 rings (SSSR count). The maximum Gasteiger partial charge on any atom is 0.238 e. The SMILES string of the molecule is Cc1ccc(NC(=O)CN(C)CC(=O)NC(C)(C)C)cc1C. The van der Waals surface area contributed by atoms with Crippen molar-refractivity contribution in [2.45, 2.75) is 40.2 Å². The van der Waals surface area contributed by atoms with E-state index in [1.54, 1.807) is 11.9 Å². The molecule has 0 bridgehead atoms. The number of nitrogens with zero attached hydrogens (tertiary/aromatic N) is 1. The zero-order chi connectivity index (χ0) is 16.9. The largest absolute Gasteiger partial charge is 0.350 e. The molecule has 0 atom stereocenters. The third kappa shape index (κ3) is 6.72. The fourth-order valence-electron chi connectivity index (χ4n) is 2.02. The summed E-state index contributed by atoms with van der Waals surface area (Å²) in [6.07, 6.45) is 0. The molecule has 0 aliphatic heterocycles. The van der Waals surface area contributed by atoms with Gasteiger partial charge in [0, 0.05) is 11.2 Å². The Labute approximate surface area is 133 Å². The van der Waals surface area contributed by atoms with Crippen molar-refractivity contribution in [3.8, 4) is 0 Å². The van der Waals surface area contributed by atoms with E-state index < -0.39 is 0 Å². The standard InChI is InChI=1S/C17H27N3O2/c1-12-7-8-14(9-13(12)2)18-15(21)10-20(6)11-16(22)19-17(3,4)5/h7-9H,10-11H2,1-6H3,(H,18,21)(H,19,22). The molecule has 0 aliphatic carbocycles. The fraction of sp³-hybridized carbons (Fsp3) is 0.529. The van der Waals surface area contributed by atoms with Gasteiger partial charge in [-0.05, 0) is 64.9 Å². The van der Waals surface area contributed by atoms with Gasteiger partial charge in [-0.15, -0.1) is 0 Å². The number of likely N-dealkylation sites (N-methyl/N-ethyl adjacent to an activating group) is 1. The average molecular weight is 305 g/mol. The molecule has 0 aliphatic rings. The molecule has 0 saturated heterocycles. The van der Waals surface area contributed by atoms with Crippen LogP contribution in [0.5, 0.6) is 0 Å². The first kappa shape index (κ1) is 18.2. The van der Waals surface area contributed by atoms with Gasteiger partial charge < -0.3 is 10.6 Å². The second-order valence-electron chi connectivity index (χ2n) is 6.82. The molecule has 0 aromatic heterocycles. The number of carbonyl (C=O) groups is 2. The van der Waals surface area contributed by atoms with Crippen LogP contribution in [0, 0.1) is 13.8 Å². The van der Waals surface area contributed by atoms with Crippen LogP contribution in [0.3, 0.4) is 0 Å². The van der Waals surface area contributed by atoms with Crippen LogP contribution in [0.2, 0.25) is 0 Å². The number of aryl methyl sites for hydroxylation is 2. The monoisotopic (exact) mass is 305 g/mol. The molecule has 0 fully saturated rings. The predicted octanol–water partition coefficient (Wildman–Crippen LogP) is 2.09. The summed E-state index contributed by atoms with van der Waals surface area (Å²) in [6.45, 7) is 10.2. The highest BCUT2D eigenvalue weighted by atomic mass is 16.2. The molecular formula is C17H27N3O2. The van der Waals surface area contributed by atoms with E-state index in [1.807, 2.05) is 52.8 Å². The van der Waals surface area contributed by atoms with Gasteiger partial charge in [0.05, 0.1) is 13.1 Å². The summed E-state index contributed by atoms with van der Waals surface area (Å²) in [7, 11) is 1.75. The van der Waals surface area contributed by atoms with Gasteiger partial charge >= 0.3 is 0 Å². The summed E-state index contributed by atoms with van der Waals surface area (Å²) in [5.74, 6) is -0.219. The molecule has 0 radical (unpaired) electrons. The smallest absolute Gasteiger partial charge is 0.238 e. The van der Waals surface area contributed by atoms with Crippen LogP contribution in [0.15, 0.2) is 18.2 Å². The first-order valence-corrected chi connectivity index (χ1v) is 7.43. The molecular weight excluding hydrogens is 278 g/mol. The van der Waals surface area contributed by atoms with Gasteiger partial charge in [-0.1, -0.05) is 6.07 Å². The van der Waals surface area contributed by atoms with Gasteiger partial charge in [0.2, 0.25) is 11.8 Å². The van der Waals surface area contributed by atoms with Crippen molar-refractivity contribution >= 4 is 17.5 Å². The first-order chi connectivity index (χ1) is 10.1. The van der Waals surface area contributed by atoms with Crippen LogP contribution in [-0.4, -0.2) is 42.4 Å². The highest BCUT2D eigenvalue weighted by molar-refractivity contribution is 5.92. The lowest BCUT2D eigenvalue weighted by Gasteiger charge is -2.23. The lowest BCUT2D eigenvalue weighted by molar-refractivity contribution is -0.124. The Bertz CT molecular complexity index is 547. The van der Waals surface area contributed by atoms with Gasteiger partial charge in [-0.25, -0.2) is 0 Å². The minimum absolute atomic E-state index is 0.0889. The van der Waals surface area contributed by atoms with Gasteiger partial charge in [0.25, 0.3) is 0 Å². The molecule has 5 nitrogen and oxygen atoms in total. The molecule has 2 N–H and O–H groups in total. The van der Waals surface area contributed by atoms with E-state index >= 15 is 0 Å². The Morgan fingerprint density at radius 2 is 1.64 bits per heavy atom. The van der Waals surface area contributed by atoms with E-state index in [0.717, 1.165) is 11.3 Å². The number of hydrogen-bond donors (Lipinski definition) is 2. The number of carbonyl (C=O) groups excluding carboxylic acids is 2. The molecule has 0 unspecified atom stereocenters. The minimum Gasteiger partial charge on any atom is -0.350 e. The summed E-state index contributed by atoms with van der Waals surface area (Å²) in [4.78, 5) is 25.5. The van der Waals surface area contributed by atoms with Crippen molar-refractivity contribution in [3.63, 3.8) is 0 Å². The lowest BCUT2D eigenvalue weighted by Crippen LogP contribution is -2.46. The quantitative estimate of drug-likeness (QED) is 0.875. The maximum absolute atomic E-state index is 12.0. The van der Waals surface area contributed by atoms with E-state index in [4.69, 9.17) is 0 Å². The van der Waals surface area contributed by atoms with Crippen LogP contribution >= 0.6 is 0 Å². The normalized spacial score (nSPS) is 11.4. The first-order valence-electron chi connectivity index (χ1n) is 7.43. The summed E-state index contributed by atoms with van der Waals surface area (Å²) in [5, 5.41) is 5.72. The molecule has 0 saturated carbocycles. The van der Waals surface area contributed by atoms with Gasteiger partial charge in [0.15, 0.2) is 0 Å².